The van der Waals surface area contributed by atoms with Crippen LogP contribution in [-0.2, 0) is 5.75 Å². The second-order valence-electron chi connectivity index (χ2n) is 3.12. The fraction of sp³-hybridized carbons (Fsp3) is 0.100. The van der Waals surface area contributed by atoms with Crippen LogP contribution in [0.5, 0.6) is 0 Å². The first kappa shape index (κ1) is 12.1. The molecule has 4 nitrogen and oxygen atoms in total. The van der Waals surface area contributed by atoms with E-state index >= 15 is 0 Å². The molecule has 88 valence electrons. The molecule has 0 bridgehead atoms. The van der Waals surface area contributed by atoms with Crippen molar-refractivity contribution in [3.63, 3.8) is 0 Å². The van der Waals surface area contributed by atoms with Gasteiger partial charge in [-0.1, -0.05) is 29.4 Å². The van der Waals surface area contributed by atoms with Crippen molar-refractivity contribution < 1.29 is 4.39 Å². The maximum absolute atomic E-state index is 13.5. The van der Waals surface area contributed by atoms with Gasteiger partial charge >= 0.3 is 0 Å². The summed E-state index contributed by atoms with van der Waals surface area (Å²) in [6, 6.07) is 4.57. The van der Waals surface area contributed by atoms with Gasteiger partial charge in [0.25, 0.3) is 0 Å². The predicted octanol–water partition coefficient (Wildman–Crippen LogP) is 2.54. The van der Waals surface area contributed by atoms with Crippen LogP contribution in [0.3, 0.4) is 0 Å². The number of nitrogens with two attached hydrogens (primary N) is 1. The molecule has 0 unspecified atom stereocenters. The monoisotopic (exact) mass is 270 g/mol. The number of anilines is 1. The zero-order chi connectivity index (χ0) is 12.3. The van der Waals surface area contributed by atoms with Gasteiger partial charge in [-0.2, -0.15) is 4.98 Å². The maximum atomic E-state index is 13.5. The molecule has 1 heterocycles. The largest absolute Gasteiger partial charge is 0.368 e. The third kappa shape index (κ3) is 3.04. The molecule has 0 amide bonds. The van der Waals surface area contributed by atoms with Crippen molar-refractivity contribution in [3.8, 4) is 0 Å². The van der Waals surface area contributed by atoms with E-state index in [1.165, 1.54) is 24.2 Å². The first-order valence-electron chi connectivity index (χ1n) is 4.67. The topological polar surface area (TPSA) is 64.7 Å². The van der Waals surface area contributed by atoms with Gasteiger partial charge in [0.15, 0.2) is 5.16 Å². The summed E-state index contributed by atoms with van der Waals surface area (Å²) in [5, 5.41) is 0.830. The van der Waals surface area contributed by atoms with E-state index in [0.29, 0.717) is 21.5 Å². The molecule has 1 aromatic carbocycles. The molecule has 0 spiro atoms. The Morgan fingerprint density at radius 2 is 2.18 bits per heavy atom. The van der Waals surface area contributed by atoms with E-state index < -0.39 is 0 Å². The molecule has 0 fully saturated rings. The Morgan fingerprint density at radius 1 is 1.35 bits per heavy atom. The van der Waals surface area contributed by atoms with E-state index in [2.05, 4.69) is 15.0 Å². The van der Waals surface area contributed by atoms with Crippen LogP contribution < -0.4 is 5.73 Å². The Labute approximate surface area is 106 Å². The Hall–Kier alpha value is -1.40. The zero-order valence-electron chi connectivity index (χ0n) is 8.60. The van der Waals surface area contributed by atoms with Gasteiger partial charge in [0.1, 0.15) is 12.1 Å². The number of nitrogen functional groups attached to an aromatic ring is 1. The molecule has 2 rings (SSSR count). The van der Waals surface area contributed by atoms with Crippen molar-refractivity contribution >= 4 is 29.3 Å². The van der Waals surface area contributed by atoms with Crippen molar-refractivity contribution in [2.45, 2.75) is 10.9 Å². The SMILES string of the molecule is Nc1ncnc(SCc2c(F)cccc2Cl)n1. The molecule has 2 N–H and O–H groups in total. The van der Waals surface area contributed by atoms with Gasteiger partial charge in [-0.25, -0.2) is 14.4 Å². The first-order valence-corrected chi connectivity index (χ1v) is 6.03. The van der Waals surface area contributed by atoms with Gasteiger partial charge in [0.05, 0.1) is 0 Å². The molecule has 17 heavy (non-hydrogen) atoms. The lowest BCUT2D eigenvalue weighted by atomic mass is 10.2. The van der Waals surface area contributed by atoms with Crippen LogP contribution in [0.25, 0.3) is 0 Å². The summed E-state index contributed by atoms with van der Waals surface area (Å²) in [6.07, 6.45) is 1.31. The van der Waals surface area contributed by atoms with Crippen molar-refractivity contribution in [2.24, 2.45) is 0 Å². The fourth-order valence-electron chi connectivity index (χ4n) is 1.17. The average Bonchev–Trinajstić information content (AvgIpc) is 2.28. The van der Waals surface area contributed by atoms with E-state index in [4.69, 9.17) is 17.3 Å². The van der Waals surface area contributed by atoms with Crippen LogP contribution in [0.4, 0.5) is 10.3 Å². The number of hydrogen-bond acceptors (Lipinski definition) is 5. The summed E-state index contributed by atoms with van der Waals surface area (Å²) >= 11 is 7.15. The van der Waals surface area contributed by atoms with Crippen molar-refractivity contribution in [1.82, 2.24) is 15.0 Å². The first-order chi connectivity index (χ1) is 8.16. The number of thioether (sulfide) groups is 1. The molecule has 0 saturated carbocycles. The lowest BCUT2D eigenvalue weighted by molar-refractivity contribution is 0.617. The number of rotatable bonds is 3. The van der Waals surface area contributed by atoms with Gasteiger partial charge in [0, 0.05) is 16.3 Å². The minimum Gasteiger partial charge on any atom is -0.368 e. The number of nitrogens with zero attached hydrogens (tertiary/aromatic N) is 3. The molecule has 0 aliphatic heterocycles. The Kier molecular flexibility index (Phi) is 3.75. The predicted molar refractivity (Wildman–Crippen MR) is 65.2 cm³/mol. The molecule has 0 aliphatic rings. The van der Waals surface area contributed by atoms with Crippen LogP contribution in [0, 0.1) is 5.82 Å². The summed E-state index contributed by atoms with van der Waals surface area (Å²) in [4.78, 5) is 11.5. The smallest absolute Gasteiger partial charge is 0.223 e. The third-order valence-corrected chi connectivity index (χ3v) is 3.22. The van der Waals surface area contributed by atoms with Crippen molar-refractivity contribution in [2.75, 3.05) is 5.73 Å². The zero-order valence-corrected chi connectivity index (χ0v) is 10.2. The number of aromatic nitrogens is 3. The van der Waals surface area contributed by atoms with E-state index in [1.807, 2.05) is 0 Å². The van der Waals surface area contributed by atoms with Crippen LogP contribution in [0.1, 0.15) is 5.56 Å². The molecule has 0 radical (unpaired) electrons. The Bertz CT molecular complexity index is 517. The van der Waals surface area contributed by atoms with Gasteiger partial charge in [-0.3, -0.25) is 0 Å². The average molecular weight is 271 g/mol. The van der Waals surface area contributed by atoms with E-state index in [-0.39, 0.29) is 11.8 Å². The molecular formula is C10H8ClFN4S. The maximum Gasteiger partial charge on any atom is 0.223 e. The van der Waals surface area contributed by atoms with Gasteiger partial charge in [-0.05, 0) is 12.1 Å². The highest BCUT2D eigenvalue weighted by atomic mass is 35.5. The van der Waals surface area contributed by atoms with Crippen LogP contribution >= 0.6 is 23.4 Å². The molecule has 0 saturated heterocycles. The lowest BCUT2D eigenvalue weighted by Gasteiger charge is -2.04. The summed E-state index contributed by atoms with van der Waals surface area (Å²) in [7, 11) is 0. The molecule has 0 aliphatic carbocycles. The Balaban J connectivity index is 2.13. The highest BCUT2D eigenvalue weighted by Gasteiger charge is 2.08. The van der Waals surface area contributed by atoms with Crippen LogP contribution in [0.2, 0.25) is 5.02 Å². The Morgan fingerprint density at radius 3 is 2.88 bits per heavy atom. The minimum absolute atomic E-state index is 0.141. The summed E-state index contributed by atoms with van der Waals surface area (Å²) in [6.45, 7) is 0. The molecule has 0 atom stereocenters. The summed E-state index contributed by atoms with van der Waals surface area (Å²) in [5.41, 5.74) is 5.84. The minimum atomic E-state index is -0.341. The van der Waals surface area contributed by atoms with Crippen molar-refractivity contribution in [3.05, 3.63) is 40.9 Å². The number of halogens is 2. The summed E-state index contributed by atoms with van der Waals surface area (Å²) < 4.78 is 13.5. The highest BCUT2D eigenvalue weighted by molar-refractivity contribution is 7.98. The molecular weight excluding hydrogens is 263 g/mol. The standard InChI is InChI=1S/C10H8ClFN4S/c11-7-2-1-3-8(12)6(7)4-17-10-15-5-14-9(13)16-10/h1-3,5H,4H2,(H2,13,14,15,16). The van der Waals surface area contributed by atoms with E-state index in [1.54, 1.807) is 12.1 Å². The lowest BCUT2D eigenvalue weighted by Crippen LogP contribution is -1.98. The van der Waals surface area contributed by atoms with Crippen molar-refractivity contribution in [1.29, 1.82) is 0 Å². The van der Waals surface area contributed by atoms with E-state index in [0.717, 1.165) is 0 Å². The normalized spacial score (nSPS) is 10.5. The second-order valence-corrected chi connectivity index (χ2v) is 4.46. The number of hydrogen-bond donors (Lipinski definition) is 1. The van der Waals surface area contributed by atoms with Gasteiger partial charge < -0.3 is 5.73 Å². The highest BCUT2D eigenvalue weighted by Crippen LogP contribution is 2.26. The third-order valence-electron chi connectivity index (χ3n) is 1.98. The molecule has 1 aromatic heterocycles. The quantitative estimate of drug-likeness (QED) is 0.869. The van der Waals surface area contributed by atoms with E-state index in [9.17, 15) is 4.39 Å². The van der Waals surface area contributed by atoms with Gasteiger partial charge in [0.2, 0.25) is 5.95 Å². The number of benzene rings is 1. The fourth-order valence-corrected chi connectivity index (χ4v) is 2.33. The van der Waals surface area contributed by atoms with Gasteiger partial charge in [-0.15, -0.1) is 0 Å². The van der Waals surface area contributed by atoms with Crippen LogP contribution in [-0.4, -0.2) is 15.0 Å². The molecule has 2 aromatic rings. The molecule has 7 heteroatoms. The van der Waals surface area contributed by atoms with Crippen LogP contribution in [0.15, 0.2) is 29.7 Å². The second kappa shape index (κ2) is 5.29. The summed E-state index contributed by atoms with van der Waals surface area (Å²) in [5.74, 6) is 0.142.